The minimum absolute atomic E-state index is 0.189. The van der Waals surface area contributed by atoms with Crippen molar-refractivity contribution in [3.05, 3.63) is 72.6 Å². The highest BCUT2D eigenvalue weighted by Gasteiger charge is 2.14. The molecule has 0 spiro atoms. The van der Waals surface area contributed by atoms with Crippen LogP contribution in [0.25, 0.3) is 0 Å². The number of nitrogens with zero attached hydrogens (tertiary/aromatic N) is 3. The van der Waals surface area contributed by atoms with Crippen molar-refractivity contribution in [1.82, 2.24) is 9.97 Å². The Bertz CT molecular complexity index is 834. The van der Waals surface area contributed by atoms with Crippen molar-refractivity contribution in [2.45, 2.75) is 0 Å². The molecular formula is C19H17N3O3. The van der Waals surface area contributed by atoms with Crippen LogP contribution in [-0.2, 0) is 0 Å². The van der Waals surface area contributed by atoms with Gasteiger partial charge in [-0.3, -0.25) is 4.79 Å². The molecule has 0 bridgehead atoms. The van der Waals surface area contributed by atoms with Crippen LogP contribution in [0.4, 0.5) is 5.69 Å². The lowest BCUT2D eigenvalue weighted by molar-refractivity contribution is 0.0992. The van der Waals surface area contributed by atoms with E-state index in [0.717, 1.165) is 0 Å². The highest BCUT2D eigenvalue weighted by molar-refractivity contribution is 6.05. The van der Waals surface area contributed by atoms with Gasteiger partial charge in [-0.1, -0.05) is 18.2 Å². The molecule has 6 nitrogen and oxygen atoms in total. The number of amides is 1. The van der Waals surface area contributed by atoms with Gasteiger partial charge in [-0.2, -0.15) is 0 Å². The van der Waals surface area contributed by atoms with Gasteiger partial charge in [0.15, 0.2) is 0 Å². The number of carbonyl (C=O) groups excluding carboxylic acids is 1. The van der Waals surface area contributed by atoms with Crippen molar-refractivity contribution in [2.75, 3.05) is 19.1 Å². The molecule has 25 heavy (non-hydrogen) atoms. The summed E-state index contributed by atoms with van der Waals surface area (Å²) in [5.74, 6) is 1.42. The molecule has 0 radical (unpaired) electrons. The molecule has 1 aromatic carbocycles. The number of hydrogen-bond acceptors (Lipinski definition) is 5. The second kappa shape index (κ2) is 7.44. The quantitative estimate of drug-likeness (QED) is 0.713. The predicted molar refractivity (Wildman–Crippen MR) is 94.3 cm³/mol. The molecule has 0 saturated carbocycles. The molecule has 0 N–H and O–H groups in total. The van der Waals surface area contributed by atoms with Crippen molar-refractivity contribution in [3.8, 4) is 17.5 Å². The molecule has 3 rings (SSSR count). The summed E-state index contributed by atoms with van der Waals surface area (Å²) in [6.45, 7) is 0. The molecule has 3 aromatic rings. The van der Waals surface area contributed by atoms with Crippen molar-refractivity contribution in [1.29, 1.82) is 0 Å². The fraction of sp³-hybridized carbons (Fsp3) is 0.105. The summed E-state index contributed by atoms with van der Waals surface area (Å²) in [5.41, 5.74) is 1.12. The summed E-state index contributed by atoms with van der Waals surface area (Å²) in [5, 5.41) is 0. The van der Waals surface area contributed by atoms with E-state index in [-0.39, 0.29) is 5.91 Å². The molecule has 6 heteroatoms. The van der Waals surface area contributed by atoms with Crippen LogP contribution in [0.15, 0.2) is 67.0 Å². The number of hydrogen-bond donors (Lipinski definition) is 0. The zero-order chi connectivity index (χ0) is 17.6. The SMILES string of the molecule is COc1ccc(N(C)C(=O)c2ccc(Oc3ccccc3)nc2)cn1. The molecule has 0 aliphatic carbocycles. The molecule has 2 heterocycles. The van der Waals surface area contributed by atoms with Gasteiger partial charge in [0.05, 0.1) is 24.6 Å². The van der Waals surface area contributed by atoms with Gasteiger partial charge in [0.2, 0.25) is 11.8 Å². The van der Waals surface area contributed by atoms with Gasteiger partial charge in [-0.05, 0) is 24.3 Å². The predicted octanol–water partition coefficient (Wildman–Crippen LogP) is 3.55. The van der Waals surface area contributed by atoms with Gasteiger partial charge < -0.3 is 14.4 Å². The number of methoxy groups -OCH3 is 1. The number of para-hydroxylation sites is 1. The molecule has 0 fully saturated rings. The van der Waals surface area contributed by atoms with E-state index in [1.807, 2.05) is 30.3 Å². The number of aromatic nitrogens is 2. The number of pyridine rings is 2. The van der Waals surface area contributed by atoms with Crippen molar-refractivity contribution in [2.24, 2.45) is 0 Å². The van der Waals surface area contributed by atoms with Crippen LogP contribution in [0, 0.1) is 0 Å². The van der Waals surface area contributed by atoms with Crippen molar-refractivity contribution >= 4 is 11.6 Å². The lowest BCUT2D eigenvalue weighted by atomic mass is 10.2. The average Bonchev–Trinajstić information content (AvgIpc) is 2.68. The Morgan fingerprint density at radius 3 is 2.24 bits per heavy atom. The Hall–Kier alpha value is -3.41. The Labute approximate surface area is 145 Å². The maximum absolute atomic E-state index is 12.6. The van der Waals surface area contributed by atoms with Gasteiger partial charge in [-0.25, -0.2) is 9.97 Å². The molecule has 0 unspecified atom stereocenters. The summed E-state index contributed by atoms with van der Waals surface area (Å²) < 4.78 is 10.6. The van der Waals surface area contributed by atoms with E-state index < -0.39 is 0 Å². The summed E-state index contributed by atoms with van der Waals surface area (Å²) >= 11 is 0. The third-order valence-electron chi connectivity index (χ3n) is 3.57. The number of benzene rings is 1. The minimum Gasteiger partial charge on any atom is -0.481 e. The fourth-order valence-electron chi connectivity index (χ4n) is 2.18. The number of carbonyl (C=O) groups is 1. The minimum atomic E-state index is -0.189. The van der Waals surface area contributed by atoms with Crippen LogP contribution in [0.3, 0.4) is 0 Å². The molecule has 2 aromatic heterocycles. The molecule has 0 aliphatic rings. The number of rotatable bonds is 5. The molecule has 0 saturated heterocycles. The van der Waals surface area contributed by atoms with E-state index in [1.165, 1.54) is 11.1 Å². The maximum Gasteiger partial charge on any atom is 0.259 e. The summed E-state index contributed by atoms with van der Waals surface area (Å²) in [4.78, 5) is 22.4. The van der Waals surface area contributed by atoms with Gasteiger partial charge in [0.25, 0.3) is 5.91 Å². The first-order valence-corrected chi connectivity index (χ1v) is 7.64. The number of anilines is 1. The van der Waals surface area contributed by atoms with E-state index in [0.29, 0.717) is 28.8 Å². The fourth-order valence-corrected chi connectivity index (χ4v) is 2.18. The third kappa shape index (κ3) is 3.92. The standard InChI is InChI=1S/C19H17N3O3/c1-22(15-9-11-17(24-2)21-13-15)19(23)14-8-10-18(20-12-14)25-16-6-4-3-5-7-16/h3-13H,1-2H3. The number of ether oxygens (including phenoxy) is 2. The monoisotopic (exact) mass is 335 g/mol. The first-order chi connectivity index (χ1) is 12.2. The third-order valence-corrected chi connectivity index (χ3v) is 3.57. The lowest BCUT2D eigenvalue weighted by Crippen LogP contribution is -2.26. The van der Waals surface area contributed by atoms with E-state index in [4.69, 9.17) is 9.47 Å². The highest BCUT2D eigenvalue weighted by atomic mass is 16.5. The topological polar surface area (TPSA) is 64.5 Å². The lowest BCUT2D eigenvalue weighted by Gasteiger charge is -2.17. The van der Waals surface area contributed by atoms with Gasteiger partial charge in [0, 0.05) is 25.4 Å². The largest absolute Gasteiger partial charge is 0.481 e. The van der Waals surface area contributed by atoms with E-state index in [1.54, 1.807) is 44.6 Å². The second-order valence-electron chi connectivity index (χ2n) is 5.22. The molecule has 0 aliphatic heterocycles. The molecule has 126 valence electrons. The van der Waals surface area contributed by atoms with Gasteiger partial charge in [-0.15, -0.1) is 0 Å². The van der Waals surface area contributed by atoms with Crippen LogP contribution in [0.2, 0.25) is 0 Å². The summed E-state index contributed by atoms with van der Waals surface area (Å²) in [7, 11) is 3.22. The van der Waals surface area contributed by atoms with Crippen LogP contribution >= 0.6 is 0 Å². The molecule has 0 atom stereocenters. The van der Waals surface area contributed by atoms with E-state index in [9.17, 15) is 4.79 Å². The molecule has 1 amide bonds. The van der Waals surface area contributed by atoms with E-state index >= 15 is 0 Å². The second-order valence-corrected chi connectivity index (χ2v) is 5.22. The highest BCUT2D eigenvalue weighted by Crippen LogP contribution is 2.20. The Balaban J connectivity index is 1.71. The first-order valence-electron chi connectivity index (χ1n) is 7.64. The smallest absolute Gasteiger partial charge is 0.259 e. The molecular weight excluding hydrogens is 318 g/mol. The Morgan fingerprint density at radius 2 is 1.64 bits per heavy atom. The van der Waals surface area contributed by atoms with Crippen LogP contribution in [0.5, 0.6) is 17.5 Å². The average molecular weight is 335 g/mol. The van der Waals surface area contributed by atoms with Crippen molar-refractivity contribution in [3.63, 3.8) is 0 Å². The summed E-state index contributed by atoms with van der Waals surface area (Å²) in [6.07, 6.45) is 3.07. The van der Waals surface area contributed by atoms with Crippen LogP contribution in [0.1, 0.15) is 10.4 Å². The van der Waals surface area contributed by atoms with Gasteiger partial charge in [0.1, 0.15) is 5.75 Å². The van der Waals surface area contributed by atoms with E-state index in [2.05, 4.69) is 9.97 Å². The van der Waals surface area contributed by atoms with Crippen LogP contribution in [-0.4, -0.2) is 30.0 Å². The first kappa shape index (κ1) is 16.4. The normalized spacial score (nSPS) is 10.2. The zero-order valence-electron chi connectivity index (χ0n) is 13.9. The Kier molecular flexibility index (Phi) is 4.89. The zero-order valence-corrected chi connectivity index (χ0v) is 13.9. The van der Waals surface area contributed by atoms with Crippen molar-refractivity contribution < 1.29 is 14.3 Å². The van der Waals surface area contributed by atoms with Gasteiger partial charge >= 0.3 is 0 Å². The summed E-state index contributed by atoms with van der Waals surface area (Å²) in [6, 6.07) is 16.2. The maximum atomic E-state index is 12.6. The Morgan fingerprint density at radius 1 is 0.920 bits per heavy atom. The van der Waals surface area contributed by atoms with Crippen LogP contribution < -0.4 is 14.4 Å².